The average molecular weight is 725 g/mol. The van der Waals surface area contributed by atoms with Crippen LogP contribution in [-0.4, -0.2) is 19.1 Å². The minimum absolute atomic E-state index is 0.941. The Kier molecular flexibility index (Phi) is 8.61. The number of halogens is 2. The number of benzene rings is 4. The molecule has 4 nitrogen and oxygen atoms in total. The molecule has 7 heteroatoms. The van der Waals surface area contributed by atoms with Crippen LogP contribution in [0.2, 0.25) is 0 Å². The lowest BCUT2D eigenvalue weighted by Crippen LogP contribution is -2.00. The predicted octanol–water partition coefficient (Wildman–Crippen LogP) is 12.1. The monoisotopic (exact) mass is 722 g/mol. The van der Waals surface area contributed by atoms with Crippen LogP contribution in [0.3, 0.4) is 0 Å². The van der Waals surface area contributed by atoms with Gasteiger partial charge in [-0.2, -0.15) is 0 Å². The molecule has 44 heavy (non-hydrogen) atoms. The topological polar surface area (TPSA) is 43.6 Å². The first-order chi connectivity index (χ1) is 21.6. The predicted molar refractivity (Wildman–Crippen MR) is 193 cm³/mol. The van der Waals surface area contributed by atoms with E-state index in [-0.39, 0.29) is 0 Å². The Labute approximate surface area is 278 Å². The van der Waals surface area contributed by atoms with Gasteiger partial charge in [0.2, 0.25) is 0 Å². The minimum atomic E-state index is 0.941. The normalized spacial score (nSPS) is 11.7. The van der Waals surface area contributed by atoms with Crippen molar-refractivity contribution in [1.82, 2.24) is 19.1 Å². The van der Waals surface area contributed by atoms with Crippen molar-refractivity contribution in [1.29, 1.82) is 0 Å². The van der Waals surface area contributed by atoms with Crippen LogP contribution in [0.5, 0.6) is 0 Å². The molecule has 0 radical (unpaired) electrons. The molecule has 0 aliphatic carbocycles. The highest BCUT2D eigenvalue weighted by Gasteiger charge is 2.21. The minimum Gasteiger partial charge on any atom is -0.340 e. The molecular formula is C37H32Br2N4S. The number of rotatable bonds is 10. The zero-order valence-electron chi connectivity index (χ0n) is 24.6. The molecule has 0 spiro atoms. The van der Waals surface area contributed by atoms with Crippen LogP contribution in [0.15, 0.2) is 100 Å². The second-order valence-electron chi connectivity index (χ2n) is 11.3. The van der Waals surface area contributed by atoms with E-state index in [1.807, 2.05) is 24.5 Å². The van der Waals surface area contributed by atoms with Crippen molar-refractivity contribution in [3.05, 3.63) is 100 Å². The van der Waals surface area contributed by atoms with Crippen LogP contribution in [0.1, 0.15) is 45.4 Å². The number of fused-ring (bicyclic) bond motifs is 4. The lowest BCUT2D eigenvalue weighted by molar-refractivity contribution is 0.571. The van der Waals surface area contributed by atoms with Crippen LogP contribution in [0, 0.1) is 0 Å². The van der Waals surface area contributed by atoms with Gasteiger partial charge in [-0.05, 0) is 65.0 Å². The second-order valence-corrected chi connectivity index (χ2v) is 13.8. The first kappa shape index (κ1) is 29.3. The van der Waals surface area contributed by atoms with E-state index in [9.17, 15) is 0 Å². The maximum atomic E-state index is 4.72. The standard InChI is InChI=1S/C37H32Br2N4S/c1-2-3-4-5-6-7-22-43-33-23-27(38)12-13-29(33)30-16-17-32(39)34(36(30)43)31-15-14-28(37-35(31)41-42-44-37)26-10-8-24(9-11-26)25-18-20-40-21-19-25/h8-21,23H,2-7,22H2,1H3. The van der Waals surface area contributed by atoms with Crippen LogP contribution in [-0.2, 0) is 6.54 Å². The fourth-order valence-electron chi connectivity index (χ4n) is 6.36. The molecule has 0 saturated heterocycles. The fraction of sp³-hybridized carbons (Fsp3) is 0.216. The van der Waals surface area contributed by atoms with Crippen LogP contribution < -0.4 is 0 Å². The largest absolute Gasteiger partial charge is 0.340 e. The molecule has 0 saturated carbocycles. The number of aryl methyl sites for hydroxylation is 1. The zero-order chi connectivity index (χ0) is 30.0. The molecule has 7 aromatic rings. The van der Waals surface area contributed by atoms with E-state index in [1.54, 1.807) is 0 Å². The van der Waals surface area contributed by atoms with Gasteiger partial charge in [-0.3, -0.25) is 4.98 Å². The Hall–Kier alpha value is -3.39. The highest BCUT2D eigenvalue weighted by atomic mass is 79.9. The SMILES string of the molecule is CCCCCCCCn1c2cc(Br)ccc2c2ccc(Br)c(-c3ccc(-c4ccc(-c5ccncc5)cc4)c4snnc34)c21. The summed E-state index contributed by atoms with van der Waals surface area (Å²) in [5.41, 5.74) is 10.4. The number of hydrogen-bond donors (Lipinski definition) is 0. The number of nitrogens with zero attached hydrogens (tertiary/aromatic N) is 4. The van der Waals surface area contributed by atoms with E-state index >= 15 is 0 Å². The van der Waals surface area contributed by atoms with E-state index in [0.717, 1.165) is 54.4 Å². The van der Waals surface area contributed by atoms with E-state index in [2.05, 4.69) is 120 Å². The van der Waals surface area contributed by atoms with Crippen molar-refractivity contribution in [2.45, 2.75) is 52.0 Å². The molecule has 0 atom stereocenters. The summed E-state index contributed by atoms with van der Waals surface area (Å²) in [6.07, 6.45) is 11.3. The van der Waals surface area contributed by atoms with E-state index in [4.69, 9.17) is 5.10 Å². The summed E-state index contributed by atoms with van der Waals surface area (Å²) in [7, 11) is 0. The molecule has 3 aromatic heterocycles. The molecule has 0 aliphatic heterocycles. The fourth-order valence-corrected chi connectivity index (χ4v) is 7.97. The van der Waals surface area contributed by atoms with Gasteiger partial charge in [0.1, 0.15) is 5.52 Å². The molecule has 0 aliphatic rings. The molecular weight excluding hydrogens is 692 g/mol. The van der Waals surface area contributed by atoms with Crippen LogP contribution in [0.4, 0.5) is 0 Å². The molecule has 4 aromatic carbocycles. The third-order valence-electron chi connectivity index (χ3n) is 8.56. The summed E-state index contributed by atoms with van der Waals surface area (Å²) in [6.45, 7) is 3.25. The maximum absolute atomic E-state index is 4.72. The second kappa shape index (κ2) is 12.9. The van der Waals surface area contributed by atoms with Gasteiger partial charge in [-0.25, -0.2) is 0 Å². The Balaban J connectivity index is 1.34. The Morgan fingerprint density at radius 3 is 2.23 bits per heavy atom. The summed E-state index contributed by atoms with van der Waals surface area (Å²) in [5, 5.41) is 7.27. The molecule has 7 rings (SSSR count). The Bertz CT molecular complexity index is 2080. The lowest BCUT2D eigenvalue weighted by Gasteiger charge is -2.14. The molecule has 0 unspecified atom stereocenters. The van der Waals surface area contributed by atoms with Crippen LogP contribution >= 0.6 is 43.4 Å². The summed E-state index contributed by atoms with van der Waals surface area (Å²) in [4.78, 5) is 4.15. The molecule has 220 valence electrons. The van der Waals surface area contributed by atoms with E-state index in [1.165, 1.54) is 76.6 Å². The summed E-state index contributed by atoms with van der Waals surface area (Å²) in [6, 6.07) is 28.4. The first-order valence-corrected chi connectivity index (χ1v) is 17.7. The average Bonchev–Trinajstić information content (AvgIpc) is 3.66. The van der Waals surface area contributed by atoms with Crippen LogP contribution in [0.25, 0.3) is 65.4 Å². The van der Waals surface area contributed by atoms with Crippen molar-refractivity contribution in [3.8, 4) is 33.4 Å². The van der Waals surface area contributed by atoms with E-state index in [0.29, 0.717) is 0 Å². The molecule has 0 bridgehead atoms. The van der Waals surface area contributed by atoms with Gasteiger partial charge < -0.3 is 4.57 Å². The molecule has 3 heterocycles. The number of aromatic nitrogens is 4. The zero-order valence-corrected chi connectivity index (χ0v) is 28.6. The highest BCUT2D eigenvalue weighted by Crippen LogP contribution is 2.45. The van der Waals surface area contributed by atoms with Crippen molar-refractivity contribution in [3.63, 3.8) is 0 Å². The van der Waals surface area contributed by atoms with Gasteiger partial charge in [0.25, 0.3) is 0 Å². The molecule has 0 N–H and O–H groups in total. The summed E-state index contributed by atoms with van der Waals surface area (Å²) >= 11 is 9.18. The summed E-state index contributed by atoms with van der Waals surface area (Å²) < 4.78 is 10.3. The van der Waals surface area contributed by atoms with Gasteiger partial charge in [-0.1, -0.05) is 124 Å². The molecule has 0 fully saturated rings. The van der Waals surface area contributed by atoms with Gasteiger partial charge >= 0.3 is 0 Å². The first-order valence-electron chi connectivity index (χ1n) is 15.3. The van der Waals surface area contributed by atoms with Gasteiger partial charge in [0.05, 0.1) is 15.7 Å². The summed E-state index contributed by atoms with van der Waals surface area (Å²) in [5.74, 6) is 0. The quantitative estimate of drug-likeness (QED) is 0.132. The van der Waals surface area contributed by atoms with Gasteiger partial charge in [0, 0.05) is 55.3 Å². The lowest BCUT2D eigenvalue weighted by atomic mass is 9.96. The Morgan fingerprint density at radius 1 is 0.705 bits per heavy atom. The van der Waals surface area contributed by atoms with Crippen molar-refractivity contribution < 1.29 is 0 Å². The van der Waals surface area contributed by atoms with Gasteiger partial charge in [0.15, 0.2) is 0 Å². The van der Waals surface area contributed by atoms with Crippen molar-refractivity contribution in [2.24, 2.45) is 0 Å². The van der Waals surface area contributed by atoms with Crippen molar-refractivity contribution in [2.75, 3.05) is 0 Å². The number of pyridine rings is 1. The number of hydrogen-bond acceptors (Lipinski definition) is 4. The highest BCUT2D eigenvalue weighted by molar-refractivity contribution is 9.10. The van der Waals surface area contributed by atoms with E-state index < -0.39 is 0 Å². The smallest absolute Gasteiger partial charge is 0.114 e. The Morgan fingerprint density at radius 2 is 1.41 bits per heavy atom. The number of unbranched alkanes of at least 4 members (excludes halogenated alkanes) is 5. The third-order valence-corrected chi connectivity index (χ3v) is 10.5. The molecule has 0 amide bonds. The third kappa shape index (κ3) is 5.50. The van der Waals surface area contributed by atoms with Gasteiger partial charge in [-0.15, -0.1) is 5.10 Å². The maximum Gasteiger partial charge on any atom is 0.114 e. The van der Waals surface area contributed by atoms with Crippen molar-refractivity contribution >= 4 is 75.4 Å².